The van der Waals surface area contributed by atoms with Gasteiger partial charge in [0.25, 0.3) is 0 Å². The Morgan fingerprint density at radius 2 is 2.12 bits per heavy atom. The fourth-order valence-electron chi connectivity index (χ4n) is 2.60. The van der Waals surface area contributed by atoms with Crippen molar-refractivity contribution >= 4 is 35.2 Å². The molecule has 0 fully saturated rings. The van der Waals surface area contributed by atoms with Crippen LogP contribution in [0.15, 0.2) is 41.5 Å². The molecule has 1 aromatic carbocycles. The van der Waals surface area contributed by atoms with E-state index in [0.717, 1.165) is 18.3 Å². The van der Waals surface area contributed by atoms with Crippen molar-refractivity contribution in [3.8, 4) is 0 Å². The summed E-state index contributed by atoms with van der Waals surface area (Å²) in [6.07, 6.45) is 4.68. The van der Waals surface area contributed by atoms with E-state index in [2.05, 4.69) is 25.5 Å². The van der Waals surface area contributed by atoms with Gasteiger partial charge in [-0.15, -0.1) is 0 Å². The minimum absolute atomic E-state index is 0.320. The minimum atomic E-state index is -0.320. The number of hydrogen-bond donors (Lipinski definition) is 0. The molecule has 2 aliphatic rings. The number of carbonyl (C=O) groups is 1. The van der Waals surface area contributed by atoms with Gasteiger partial charge in [0, 0.05) is 12.0 Å². The number of benzene rings is 1. The normalized spacial score (nSPS) is 17.8. The van der Waals surface area contributed by atoms with Gasteiger partial charge in [0.15, 0.2) is 7.28 Å². The highest BCUT2D eigenvalue weighted by Gasteiger charge is 2.24. The number of allylic oxidation sites excluding steroid dienone is 4. The van der Waals surface area contributed by atoms with Gasteiger partial charge in [-0.3, -0.25) is 4.79 Å². The van der Waals surface area contributed by atoms with Gasteiger partial charge in [-0.05, 0) is 34.7 Å². The molecule has 0 spiro atoms. The summed E-state index contributed by atoms with van der Waals surface area (Å²) in [7, 11) is 2.27. The second kappa shape index (κ2) is 4.19. The molecule has 0 saturated heterocycles. The van der Waals surface area contributed by atoms with Crippen molar-refractivity contribution < 1.29 is 4.79 Å². The summed E-state index contributed by atoms with van der Waals surface area (Å²) >= 11 is 5.58. The number of halogens is 1. The van der Waals surface area contributed by atoms with Crippen LogP contribution >= 0.6 is 11.6 Å². The monoisotopic (exact) mass is 241 g/mol. The molecule has 0 unspecified atom stereocenters. The van der Waals surface area contributed by atoms with E-state index in [-0.39, 0.29) is 5.24 Å². The van der Waals surface area contributed by atoms with Gasteiger partial charge in [-0.2, -0.15) is 0 Å². The molecule has 0 amide bonds. The van der Waals surface area contributed by atoms with Gasteiger partial charge in [0.05, 0.1) is 0 Å². The van der Waals surface area contributed by atoms with Crippen molar-refractivity contribution in [2.24, 2.45) is 0 Å². The zero-order chi connectivity index (χ0) is 11.8. The number of hydrogen-bond acceptors (Lipinski definition) is 1. The lowest BCUT2D eigenvalue weighted by Gasteiger charge is -2.08. The van der Waals surface area contributed by atoms with Crippen molar-refractivity contribution in [3.05, 3.63) is 47.1 Å². The highest BCUT2D eigenvalue weighted by Crippen LogP contribution is 2.37. The lowest BCUT2D eigenvalue weighted by atomic mass is 9.65. The Morgan fingerprint density at radius 3 is 2.94 bits per heavy atom. The van der Waals surface area contributed by atoms with Gasteiger partial charge in [0.1, 0.15) is 0 Å². The van der Waals surface area contributed by atoms with Gasteiger partial charge >= 0.3 is 0 Å². The van der Waals surface area contributed by atoms with E-state index < -0.39 is 0 Å². The third kappa shape index (κ3) is 1.87. The first kappa shape index (κ1) is 10.9. The molecule has 17 heavy (non-hydrogen) atoms. The third-order valence-corrected chi connectivity index (χ3v) is 3.66. The molecular formula is C14H11BClO. The Morgan fingerprint density at radius 1 is 1.29 bits per heavy atom. The molecule has 1 aromatic rings. The molecule has 1 nitrogen and oxygen atoms in total. The van der Waals surface area contributed by atoms with E-state index in [9.17, 15) is 4.79 Å². The highest BCUT2D eigenvalue weighted by molar-refractivity contribution is 6.68. The molecule has 0 aromatic heterocycles. The smallest absolute Gasteiger partial charge is 0.248 e. The van der Waals surface area contributed by atoms with Gasteiger partial charge in [-0.25, -0.2) is 0 Å². The Kier molecular flexibility index (Phi) is 2.68. The van der Waals surface area contributed by atoms with E-state index >= 15 is 0 Å². The average molecular weight is 242 g/mol. The molecule has 0 atom stereocenters. The lowest BCUT2D eigenvalue weighted by molar-refractivity contribution is -0.108. The molecule has 1 heterocycles. The van der Waals surface area contributed by atoms with E-state index in [4.69, 9.17) is 11.6 Å². The standard InChI is InChI=1S/C14H11BClO/c16-14(17)10-7-9-5-6-15-13-4-2-1-3-11(13)12(9)8-10/h1-4,7H,5-6,8H2. The van der Waals surface area contributed by atoms with E-state index in [1.165, 1.54) is 22.2 Å². The first-order valence-corrected chi connectivity index (χ1v) is 6.18. The Bertz CT molecular complexity index is 557. The maximum Gasteiger partial charge on any atom is 0.248 e. The third-order valence-electron chi connectivity index (χ3n) is 3.42. The molecule has 0 saturated carbocycles. The second-order valence-electron chi connectivity index (χ2n) is 4.45. The number of carbonyl (C=O) groups excluding carboxylic acids is 1. The number of fused-ring (bicyclic) bond motifs is 2. The van der Waals surface area contributed by atoms with Crippen LogP contribution in [0.2, 0.25) is 6.32 Å². The number of rotatable bonds is 1. The lowest BCUT2D eigenvalue weighted by Crippen LogP contribution is -2.16. The van der Waals surface area contributed by atoms with Crippen LogP contribution in [0.5, 0.6) is 0 Å². The summed E-state index contributed by atoms with van der Waals surface area (Å²) in [6.45, 7) is 0. The summed E-state index contributed by atoms with van der Waals surface area (Å²) in [5, 5.41) is -0.320. The summed E-state index contributed by atoms with van der Waals surface area (Å²) in [5.41, 5.74) is 5.81. The first-order valence-electron chi connectivity index (χ1n) is 5.81. The van der Waals surface area contributed by atoms with Crippen LogP contribution in [0.25, 0.3) is 5.57 Å². The van der Waals surface area contributed by atoms with Crippen molar-refractivity contribution in [3.63, 3.8) is 0 Å². The fourth-order valence-corrected chi connectivity index (χ4v) is 2.72. The fraction of sp³-hybridized carbons (Fsp3) is 0.214. The largest absolute Gasteiger partial charge is 0.276 e. The predicted molar refractivity (Wildman–Crippen MR) is 71.7 cm³/mol. The topological polar surface area (TPSA) is 17.1 Å². The summed E-state index contributed by atoms with van der Waals surface area (Å²) in [6, 6.07) is 8.35. The van der Waals surface area contributed by atoms with E-state index in [1.807, 2.05) is 12.1 Å². The SMILES string of the molecule is O=C(Cl)C1=CC2=C(C1)c1ccccc1[B]CC2. The van der Waals surface area contributed by atoms with Gasteiger partial charge in [0.2, 0.25) is 5.24 Å². The zero-order valence-electron chi connectivity index (χ0n) is 9.37. The van der Waals surface area contributed by atoms with E-state index in [0.29, 0.717) is 6.42 Å². The van der Waals surface area contributed by atoms with Crippen LogP contribution < -0.4 is 5.46 Å². The van der Waals surface area contributed by atoms with Crippen LogP contribution in [0.3, 0.4) is 0 Å². The molecule has 0 bridgehead atoms. The minimum Gasteiger partial charge on any atom is -0.276 e. The Hall–Kier alpha value is -1.28. The maximum absolute atomic E-state index is 11.2. The summed E-state index contributed by atoms with van der Waals surface area (Å²) in [5.74, 6) is 0. The summed E-state index contributed by atoms with van der Waals surface area (Å²) in [4.78, 5) is 11.2. The van der Waals surface area contributed by atoms with Crippen LogP contribution in [0.1, 0.15) is 18.4 Å². The summed E-state index contributed by atoms with van der Waals surface area (Å²) < 4.78 is 0. The molecule has 3 rings (SSSR count). The quantitative estimate of drug-likeness (QED) is 0.546. The van der Waals surface area contributed by atoms with Gasteiger partial charge < -0.3 is 0 Å². The Labute approximate surface area is 106 Å². The van der Waals surface area contributed by atoms with Crippen molar-refractivity contribution in [1.29, 1.82) is 0 Å². The predicted octanol–water partition coefficient (Wildman–Crippen LogP) is 2.69. The molecule has 3 heteroatoms. The van der Waals surface area contributed by atoms with Gasteiger partial charge in [-0.1, -0.05) is 42.1 Å². The molecule has 83 valence electrons. The van der Waals surface area contributed by atoms with E-state index in [1.54, 1.807) is 0 Å². The Balaban J connectivity index is 2.06. The second-order valence-corrected chi connectivity index (χ2v) is 4.80. The molecule has 0 N–H and O–H groups in total. The van der Waals surface area contributed by atoms with Crippen molar-refractivity contribution in [2.75, 3.05) is 0 Å². The van der Waals surface area contributed by atoms with Crippen molar-refractivity contribution in [2.45, 2.75) is 19.2 Å². The molecule has 1 aliphatic carbocycles. The van der Waals surface area contributed by atoms with Crippen LogP contribution in [0.4, 0.5) is 0 Å². The molecule has 1 radical (unpaired) electrons. The van der Waals surface area contributed by atoms with Crippen LogP contribution in [0, 0.1) is 0 Å². The molecular weight excluding hydrogens is 230 g/mol. The zero-order valence-corrected chi connectivity index (χ0v) is 10.1. The highest BCUT2D eigenvalue weighted by atomic mass is 35.5. The molecule has 1 aliphatic heterocycles. The van der Waals surface area contributed by atoms with Crippen LogP contribution in [-0.2, 0) is 4.79 Å². The average Bonchev–Trinajstić information content (AvgIpc) is 2.67. The van der Waals surface area contributed by atoms with Crippen LogP contribution in [-0.4, -0.2) is 12.5 Å². The van der Waals surface area contributed by atoms with Crippen molar-refractivity contribution in [1.82, 2.24) is 0 Å². The maximum atomic E-state index is 11.2. The first-order chi connectivity index (χ1) is 8.25.